The van der Waals surface area contributed by atoms with Crippen LogP contribution in [0.2, 0.25) is 0 Å². The standard InChI is InChI=1S/C14H21NO3S/c1-4-18-11-7-10(14(11,2)3)15-8-9-5-6-19-12(9)13(16)17/h5-6,10-11,15H,4,7-8H2,1-3H3,(H,16,17). The molecule has 0 radical (unpaired) electrons. The maximum absolute atomic E-state index is 11.0. The molecule has 1 aromatic rings. The lowest BCUT2D eigenvalue weighted by Gasteiger charge is -2.52. The predicted molar refractivity (Wildman–Crippen MR) is 75.7 cm³/mol. The predicted octanol–water partition coefficient (Wildman–Crippen LogP) is 2.74. The number of ether oxygens (including phenoxy) is 1. The molecule has 0 spiro atoms. The van der Waals surface area contributed by atoms with Crippen molar-refractivity contribution in [3.05, 3.63) is 21.9 Å². The van der Waals surface area contributed by atoms with Crippen LogP contribution in [0, 0.1) is 5.41 Å². The van der Waals surface area contributed by atoms with Crippen molar-refractivity contribution in [2.45, 2.75) is 45.9 Å². The van der Waals surface area contributed by atoms with Crippen molar-refractivity contribution in [2.24, 2.45) is 5.41 Å². The number of aromatic carboxylic acids is 1. The van der Waals surface area contributed by atoms with Gasteiger partial charge in [0.25, 0.3) is 0 Å². The Labute approximate surface area is 117 Å². The molecule has 0 saturated heterocycles. The molecule has 5 heteroatoms. The van der Waals surface area contributed by atoms with Gasteiger partial charge in [-0.1, -0.05) is 13.8 Å². The molecule has 1 aliphatic carbocycles. The summed E-state index contributed by atoms with van der Waals surface area (Å²) in [6.07, 6.45) is 1.30. The average molecular weight is 283 g/mol. The van der Waals surface area contributed by atoms with Gasteiger partial charge in [0, 0.05) is 24.6 Å². The first-order chi connectivity index (χ1) is 8.96. The fourth-order valence-corrected chi connectivity index (χ4v) is 3.37. The van der Waals surface area contributed by atoms with Crippen LogP contribution < -0.4 is 5.32 Å². The lowest BCUT2D eigenvalue weighted by atomic mass is 9.64. The van der Waals surface area contributed by atoms with Crippen LogP contribution in [0.1, 0.15) is 42.4 Å². The van der Waals surface area contributed by atoms with Crippen molar-refractivity contribution in [3.8, 4) is 0 Å². The van der Waals surface area contributed by atoms with Gasteiger partial charge in [-0.25, -0.2) is 4.79 Å². The summed E-state index contributed by atoms with van der Waals surface area (Å²) in [7, 11) is 0. The van der Waals surface area contributed by atoms with Gasteiger partial charge >= 0.3 is 5.97 Å². The lowest BCUT2D eigenvalue weighted by Crippen LogP contribution is -2.60. The second-order valence-electron chi connectivity index (χ2n) is 5.51. The van der Waals surface area contributed by atoms with E-state index in [2.05, 4.69) is 19.2 Å². The smallest absolute Gasteiger partial charge is 0.346 e. The zero-order valence-electron chi connectivity index (χ0n) is 11.6. The minimum Gasteiger partial charge on any atom is -0.477 e. The first-order valence-corrected chi connectivity index (χ1v) is 7.49. The zero-order chi connectivity index (χ0) is 14.0. The van der Waals surface area contributed by atoms with E-state index in [1.54, 1.807) is 0 Å². The van der Waals surface area contributed by atoms with Crippen molar-refractivity contribution in [1.29, 1.82) is 0 Å². The van der Waals surface area contributed by atoms with Crippen LogP contribution in [-0.4, -0.2) is 29.8 Å². The van der Waals surface area contributed by atoms with Gasteiger partial charge in [-0.15, -0.1) is 11.3 Å². The molecule has 1 fully saturated rings. The van der Waals surface area contributed by atoms with E-state index >= 15 is 0 Å². The summed E-state index contributed by atoms with van der Waals surface area (Å²) in [6.45, 7) is 7.76. The number of rotatable bonds is 6. The second-order valence-corrected chi connectivity index (χ2v) is 6.43. The van der Waals surface area contributed by atoms with Crippen LogP contribution in [-0.2, 0) is 11.3 Å². The maximum Gasteiger partial charge on any atom is 0.346 e. The minimum absolute atomic E-state index is 0.107. The molecule has 2 N–H and O–H groups in total. The monoisotopic (exact) mass is 283 g/mol. The number of hydrogen-bond acceptors (Lipinski definition) is 4. The van der Waals surface area contributed by atoms with Gasteiger partial charge in [0.1, 0.15) is 4.88 Å². The van der Waals surface area contributed by atoms with E-state index in [0.29, 0.717) is 23.6 Å². The molecule has 2 atom stereocenters. The summed E-state index contributed by atoms with van der Waals surface area (Å²) in [5, 5.41) is 14.4. The van der Waals surface area contributed by atoms with Crippen molar-refractivity contribution in [2.75, 3.05) is 6.61 Å². The van der Waals surface area contributed by atoms with Gasteiger partial charge in [-0.2, -0.15) is 0 Å². The summed E-state index contributed by atoms with van der Waals surface area (Å²) in [4.78, 5) is 11.5. The molecule has 2 unspecified atom stereocenters. The topological polar surface area (TPSA) is 58.6 Å². The Kier molecular flexibility index (Phi) is 4.28. The Bertz CT molecular complexity index is 455. The summed E-state index contributed by atoms with van der Waals surface area (Å²) in [5.74, 6) is -0.841. The SMILES string of the molecule is CCOC1CC(NCc2ccsc2C(=O)O)C1(C)C. The number of carboxylic acids is 1. The molecular weight excluding hydrogens is 262 g/mol. The highest BCUT2D eigenvalue weighted by atomic mass is 32.1. The Morgan fingerprint density at radius 2 is 2.37 bits per heavy atom. The fourth-order valence-electron chi connectivity index (χ4n) is 2.61. The summed E-state index contributed by atoms with van der Waals surface area (Å²) < 4.78 is 5.69. The highest BCUT2D eigenvalue weighted by molar-refractivity contribution is 7.12. The van der Waals surface area contributed by atoms with Gasteiger partial charge in [0.2, 0.25) is 0 Å². The van der Waals surface area contributed by atoms with Gasteiger partial charge < -0.3 is 15.2 Å². The zero-order valence-corrected chi connectivity index (χ0v) is 12.4. The van der Waals surface area contributed by atoms with Crippen molar-refractivity contribution >= 4 is 17.3 Å². The summed E-state index contributed by atoms with van der Waals surface area (Å²) in [5.41, 5.74) is 0.975. The number of carbonyl (C=O) groups is 1. The molecule has 1 saturated carbocycles. The van der Waals surface area contributed by atoms with Gasteiger partial charge in [-0.3, -0.25) is 0 Å². The first kappa shape index (κ1) is 14.5. The van der Waals surface area contributed by atoms with Crippen LogP contribution in [0.5, 0.6) is 0 Å². The third-order valence-electron chi connectivity index (χ3n) is 4.03. The lowest BCUT2D eigenvalue weighted by molar-refractivity contribution is -0.114. The second kappa shape index (κ2) is 5.61. The minimum atomic E-state index is -0.841. The highest BCUT2D eigenvalue weighted by Crippen LogP contribution is 2.42. The molecule has 1 aliphatic rings. The van der Waals surface area contributed by atoms with E-state index in [4.69, 9.17) is 9.84 Å². The molecular formula is C14H21NO3S. The fraction of sp³-hybridized carbons (Fsp3) is 0.643. The van der Waals surface area contributed by atoms with E-state index in [1.165, 1.54) is 11.3 Å². The average Bonchev–Trinajstić information content (AvgIpc) is 2.81. The van der Waals surface area contributed by atoms with Gasteiger partial charge in [0.15, 0.2) is 0 Å². The molecule has 106 valence electrons. The molecule has 0 bridgehead atoms. The third-order valence-corrected chi connectivity index (χ3v) is 4.97. The molecule has 0 aromatic carbocycles. The van der Waals surface area contributed by atoms with Crippen molar-refractivity contribution in [3.63, 3.8) is 0 Å². The molecule has 0 amide bonds. The van der Waals surface area contributed by atoms with Crippen molar-refractivity contribution < 1.29 is 14.6 Å². The summed E-state index contributed by atoms with van der Waals surface area (Å²) in [6, 6.07) is 2.26. The number of thiophene rings is 1. The largest absolute Gasteiger partial charge is 0.477 e. The first-order valence-electron chi connectivity index (χ1n) is 6.61. The quantitative estimate of drug-likeness (QED) is 0.843. The Balaban J connectivity index is 1.90. The van der Waals surface area contributed by atoms with Crippen LogP contribution in [0.4, 0.5) is 0 Å². The Morgan fingerprint density at radius 1 is 1.63 bits per heavy atom. The number of carboxylic acid groups (broad SMARTS) is 1. The summed E-state index contributed by atoms with van der Waals surface area (Å²) >= 11 is 1.28. The van der Waals surface area contributed by atoms with Gasteiger partial charge in [-0.05, 0) is 30.4 Å². The Hall–Kier alpha value is -0.910. The van der Waals surface area contributed by atoms with Crippen molar-refractivity contribution in [1.82, 2.24) is 5.32 Å². The van der Waals surface area contributed by atoms with E-state index in [0.717, 1.165) is 18.6 Å². The van der Waals surface area contributed by atoms with E-state index in [-0.39, 0.29) is 5.41 Å². The number of nitrogens with one attached hydrogen (secondary N) is 1. The Morgan fingerprint density at radius 3 is 2.95 bits per heavy atom. The van der Waals surface area contributed by atoms with Crippen LogP contribution in [0.25, 0.3) is 0 Å². The maximum atomic E-state index is 11.0. The molecule has 0 aliphatic heterocycles. The van der Waals surface area contributed by atoms with Crippen LogP contribution in [0.15, 0.2) is 11.4 Å². The van der Waals surface area contributed by atoms with Gasteiger partial charge in [0.05, 0.1) is 6.10 Å². The van der Waals surface area contributed by atoms with E-state index < -0.39 is 5.97 Å². The van der Waals surface area contributed by atoms with Crippen LogP contribution >= 0.6 is 11.3 Å². The molecule has 1 heterocycles. The third kappa shape index (κ3) is 2.83. The number of hydrogen-bond donors (Lipinski definition) is 2. The van der Waals surface area contributed by atoms with E-state index in [9.17, 15) is 4.79 Å². The van der Waals surface area contributed by atoms with Crippen LogP contribution in [0.3, 0.4) is 0 Å². The molecule has 4 nitrogen and oxygen atoms in total. The normalized spacial score (nSPS) is 25.0. The molecule has 19 heavy (non-hydrogen) atoms. The molecule has 1 aromatic heterocycles. The molecule has 2 rings (SSSR count). The van der Waals surface area contributed by atoms with E-state index in [1.807, 2.05) is 18.4 Å². The highest BCUT2D eigenvalue weighted by Gasteiger charge is 2.48.